The van der Waals surface area contributed by atoms with E-state index in [-0.39, 0.29) is 4.90 Å². The van der Waals surface area contributed by atoms with E-state index in [2.05, 4.69) is 14.8 Å². The summed E-state index contributed by atoms with van der Waals surface area (Å²) in [5.41, 5.74) is 3.36. The Bertz CT molecular complexity index is 1100. The van der Waals surface area contributed by atoms with Crippen LogP contribution in [0.2, 0.25) is 0 Å². The molecule has 0 aliphatic heterocycles. The van der Waals surface area contributed by atoms with Crippen LogP contribution >= 0.6 is 11.3 Å². The first-order valence-electron chi connectivity index (χ1n) is 7.09. The zero-order valence-electron chi connectivity index (χ0n) is 12.3. The fraction of sp³-hybridized carbons (Fsp3) is 0. The molecule has 6 nitrogen and oxygen atoms in total. The Morgan fingerprint density at radius 1 is 1.04 bits per heavy atom. The molecule has 0 spiro atoms. The van der Waals surface area contributed by atoms with Crippen LogP contribution in [0.5, 0.6) is 0 Å². The van der Waals surface area contributed by atoms with Crippen LogP contribution in [0.15, 0.2) is 71.3 Å². The summed E-state index contributed by atoms with van der Waals surface area (Å²) in [7, 11) is -3.74. The van der Waals surface area contributed by atoms with Crippen LogP contribution in [-0.4, -0.2) is 23.2 Å². The number of nitrogens with zero attached hydrogens (tertiary/aromatic N) is 3. The number of sulfonamides is 1. The third-order valence-corrected chi connectivity index (χ3v) is 5.68. The number of rotatable bonds is 4. The lowest BCUT2D eigenvalue weighted by Gasteiger charge is -2.06. The predicted octanol–water partition coefficient (Wildman–Crippen LogP) is 3.28. The van der Waals surface area contributed by atoms with Gasteiger partial charge >= 0.3 is 0 Å². The molecule has 0 aliphatic rings. The van der Waals surface area contributed by atoms with Crippen molar-refractivity contribution in [1.82, 2.24) is 14.8 Å². The first-order valence-corrected chi connectivity index (χ1v) is 9.45. The average molecular weight is 356 g/mol. The van der Waals surface area contributed by atoms with E-state index in [9.17, 15) is 8.42 Å². The topological polar surface area (TPSA) is 76.9 Å². The van der Waals surface area contributed by atoms with E-state index in [4.69, 9.17) is 0 Å². The number of benzene rings is 2. The lowest BCUT2D eigenvalue weighted by Crippen LogP contribution is -2.13. The van der Waals surface area contributed by atoms with Crippen LogP contribution in [-0.2, 0) is 10.0 Å². The fourth-order valence-corrected chi connectivity index (χ4v) is 4.35. The second-order valence-electron chi connectivity index (χ2n) is 5.07. The molecule has 24 heavy (non-hydrogen) atoms. The number of hydrogen-bond donors (Lipinski definition) is 1. The van der Waals surface area contributed by atoms with Gasteiger partial charge in [-0.1, -0.05) is 24.3 Å². The largest absolute Gasteiger partial charge is 0.276 e. The second kappa shape index (κ2) is 5.73. The van der Waals surface area contributed by atoms with Gasteiger partial charge in [0.05, 0.1) is 34.0 Å². The number of anilines is 1. The maximum absolute atomic E-state index is 12.7. The minimum Gasteiger partial charge on any atom is -0.276 e. The molecule has 0 saturated heterocycles. The van der Waals surface area contributed by atoms with E-state index >= 15 is 0 Å². The highest BCUT2D eigenvalue weighted by Crippen LogP contribution is 2.26. The Labute approximate surface area is 142 Å². The van der Waals surface area contributed by atoms with Gasteiger partial charge in [0.1, 0.15) is 10.4 Å². The number of hydrogen-bond acceptors (Lipinski definition) is 5. The Balaban J connectivity index is 1.68. The second-order valence-corrected chi connectivity index (χ2v) is 7.61. The lowest BCUT2D eigenvalue weighted by molar-refractivity contribution is 0.602. The monoisotopic (exact) mass is 356 g/mol. The van der Waals surface area contributed by atoms with Crippen molar-refractivity contribution in [2.45, 2.75) is 4.90 Å². The molecule has 2 aromatic carbocycles. The van der Waals surface area contributed by atoms with Crippen LogP contribution in [0.3, 0.4) is 0 Å². The first-order chi connectivity index (χ1) is 11.6. The molecule has 120 valence electrons. The quantitative estimate of drug-likeness (QED) is 0.609. The van der Waals surface area contributed by atoms with Gasteiger partial charge in [0.2, 0.25) is 0 Å². The molecule has 2 aromatic heterocycles. The van der Waals surface area contributed by atoms with E-state index in [0.717, 1.165) is 10.4 Å². The molecule has 4 rings (SSSR count). The van der Waals surface area contributed by atoms with Gasteiger partial charge < -0.3 is 0 Å². The van der Waals surface area contributed by atoms with Crippen molar-refractivity contribution in [3.63, 3.8) is 0 Å². The Hall–Kier alpha value is -2.71. The predicted molar refractivity (Wildman–Crippen MR) is 94.0 cm³/mol. The van der Waals surface area contributed by atoms with Gasteiger partial charge in [-0.05, 0) is 24.3 Å². The summed E-state index contributed by atoms with van der Waals surface area (Å²) in [6, 6.07) is 14.6. The van der Waals surface area contributed by atoms with Crippen LogP contribution in [0, 0.1) is 0 Å². The summed E-state index contributed by atoms with van der Waals surface area (Å²) in [5, 5.41) is 4.19. The molecular formula is C16H12N4O2S2. The molecule has 0 bridgehead atoms. The van der Waals surface area contributed by atoms with Gasteiger partial charge in [0.15, 0.2) is 0 Å². The molecule has 0 radical (unpaired) electrons. The number of thiazole rings is 1. The molecule has 2 heterocycles. The van der Waals surface area contributed by atoms with E-state index in [1.165, 1.54) is 17.5 Å². The van der Waals surface area contributed by atoms with Crippen molar-refractivity contribution in [2.24, 2.45) is 0 Å². The van der Waals surface area contributed by atoms with Gasteiger partial charge in [-0.2, -0.15) is 5.10 Å². The Morgan fingerprint density at radius 3 is 2.71 bits per heavy atom. The van der Waals surface area contributed by atoms with Gasteiger partial charge in [0.25, 0.3) is 10.0 Å². The molecule has 1 N–H and O–H groups in total. The summed E-state index contributed by atoms with van der Waals surface area (Å²) >= 11 is 1.41. The summed E-state index contributed by atoms with van der Waals surface area (Å²) < 4.78 is 30.4. The standard InChI is InChI=1S/C16H12N4O2S2/c21-24(22,15-8-4-7-14-16(15)17-11-23-14)19-12-9-18-20(10-12)13-5-2-1-3-6-13/h1-11,19H. The summed E-state index contributed by atoms with van der Waals surface area (Å²) in [6.45, 7) is 0. The van der Waals surface area contributed by atoms with Crippen molar-refractivity contribution in [3.05, 3.63) is 66.4 Å². The maximum Gasteiger partial charge on any atom is 0.264 e. The minimum absolute atomic E-state index is 0.161. The number of fused-ring (bicyclic) bond motifs is 1. The van der Waals surface area contributed by atoms with Crippen LogP contribution < -0.4 is 4.72 Å². The van der Waals surface area contributed by atoms with Crippen LogP contribution in [0.25, 0.3) is 15.9 Å². The molecule has 4 aromatic rings. The normalized spacial score (nSPS) is 11.7. The van der Waals surface area contributed by atoms with Crippen molar-refractivity contribution in [1.29, 1.82) is 0 Å². The number of para-hydroxylation sites is 2. The highest BCUT2D eigenvalue weighted by molar-refractivity contribution is 7.93. The molecule has 0 fully saturated rings. The van der Waals surface area contributed by atoms with Crippen molar-refractivity contribution in [3.8, 4) is 5.69 Å². The lowest BCUT2D eigenvalue weighted by atomic mass is 10.3. The molecule has 8 heteroatoms. The summed E-state index contributed by atoms with van der Waals surface area (Å²) in [4.78, 5) is 4.32. The fourth-order valence-electron chi connectivity index (χ4n) is 2.38. The van der Waals surface area contributed by atoms with Crippen molar-refractivity contribution >= 4 is 37.3 Å². The van der Waals surface area contributed by atoms with Crippen LogP contribution in [0.4, 0.5) is 5.69 Å². The minimum atomic E-state index is -3.74. The van der Waals surface area contributed by atoms with E-state index in [0.29, 0.717) is 11.2 Å². The van der Waals surface area contributed by atoms with Gasteiger partial charge in [-0.15, -0.1) is 11.3 Å². The SMILES string of the molecule is O=S(=O)(Nc1cnn(-c2ccccc2)c1)c1cccc2scnc12. The molecule has 0 unspecified atom stereocenters. The molecular weight excluding hydrogens is 344 g/mol. The smallest absolute Gasteiger partial charge is 0.264 e. The zero-order valence-corrected chi connectivity index (χ0v) is 14.0. The number of aromatic nitrogens is 3. The average Bonchev–Trinajstić information content (AvgIpc) is 3.24. The highest BCUT2D eigenvalue weighted by Gasteiger charge is 2.19. The molecule has 0 atom stereocenters. The van der Waals surface area contributed by atoms with E-state index < -0.39 is 10.0 Å². The van der Waals surface area contributed by atoms with Gasteiger partial charge in [0, 0.05) is 0 Å². The number of nitrogens with one attached hydrogen (secondary N) is 1. The molecule has 0 saturated carbocycles. The van der Waals surface area contributed by atoms with Crippen molar-refractivity contribution in [2.75, 3.05) is 4.72 Å². The third kappa shape index (κ3) is 2.66. The van der Waals surface area contributed by atoms with Crippen molar-refractivity contribution < 1.29 is 8.42 Å². The highest BCUT2D eigenvalue weighted by atomic mass is 32.2. The van der Waals surface area contributed by atoms with Gasteiger partial charge in [-0.25, -0.2) is 18.1 Å². The summed E-state index contributed by atoms with van der Waals surface area (Å²) in [6.07, 6.45) is 3.11. The zero-order chi connectivity index (χ0) is 16.6. The first kappa shape index (κ1) is 14.9. The maximum atomic E-state index is 12.7. The van der Waals surface area contributed by atoms with E-state index in [1.807, 2.05) is 36.4 Å². The van der Waals surface area contributed by atoms with E-state index in [1.54, 1.807) is 28.5 Å². The van der Waals surface area contributed by atoms with Crippen LogP contribution in [0.1, 0.15) is 0 Å². The Kier molecular flexibility index (Phi) is 3.55. The summed E-state index contributed by atoms with van der Waals surface area (Å²) in [5.74, 6) is 0. The van der Waals surface area contributed by atoms with Gasteiger partial charge in [-0.3, -0.25) is 4.72 Å². The molecule has 0 aliphatic carbocycles. The molecule has 0 amide bonds. The third-order valence-electron chi connectivity index (χ3n) is 3.47. The Morgan fingerprint density at radius 2 is 1.88 bits per heavy atom.